The van der Waals surface area contributed by atoms with E-state index < -0.39 is 0 Å². The first-order valence-corrected chi connectivity index (χ1v) is 8.08. The molecule has 2 aromatic rings. The third-order valence-corrected chi connectivity index (χ3v) is 3.52. The Labute approximate surface area is 142 Å². The van der Waals surface area contributed by atoms with Crippen molar-refractivity contribution < 1.29 is 9.26 Å². The second-order valence-electron chi connectivity index (χ2n) is 5.36. The molecular weight excluding hydrogens is 306 g/mol. The number of ether oxygens (including phenoxy) is 1. The molecule has 24 heavy (non-hydrogen) atoms. The van der Waals surface area contributed by atoms with Crippen LogP contribution in [0.15, 0.2) is 33.8 Å². The van der Waals surface area contributed by atoms with E-state index in [1.54, 1.807) is 14.2 Å². The van der Waals surface area contributed by atoms with Crippen molar-refractivity contribution in [1.82, 2.24) is 20.8 Å². The van der Waals surface area contributed by atoms with Crippen molar-refractivity contribution in [2.75, 3.05) is 27.2 Å². The van der Waals surface area contributed by atoms with Gasteiger partial charge in [0.2, 0.25) is 5.89 Å². The molecule has 0 radical (unpaired) electrons. The van der Waals surface area contributed by atoms with Gasteiger partial charge in [0.05, 0.1) is 7.11 Å². The van der Waals surface area contributed by atoms with Gasteiger partial charge in [-0.25, -0.2) is 0 Å². The van der Waals surface area contributed by atoms with Crippen LogP contribution in [0.1, 0.15) is 23.7 Å². The molecule has 0 aliphatic heterocycles. The highest BCUT2D eigenvalue weighted by molar-refractivity contribution is 5.79. The van der Waals surface area contributed by atoms with E-state index in [2.05, 4.69) is 37.9 Å². The summed E-state index contributed by atoms with van der Waals surface area (Å²) in [5.41, 5.74) is 1.26. The third kappa shape index (κ3) is 5.91. The van der Waals surface area contributed by atoms with Crippen molar-refractivity contribution in [2.45, 2.75) is 26.2 Å². The van der Waals surface area contributed by atoms with Crippen molar-refractivity contribution in [3.8, 4) is 5.75 Å². The normalized spacial score (nSPS) is 11.4. The van der Waals surface area contributed by atoms with Gasteiger partial charge in [0, 0.05) is 26.6 Å². The van der Waals surface area contributed by atoms with E-state index in [9.17, 15) is 0 Å². The number of hydrogen-bond acceptors (Lipinski definition) is 5. The summed E-state index contributed by atoms with van der Waals surface area (Å²) in [6.07, 6.45) is 2.59. The average Bonchev–Trinajstić information content (AvgIpc) is 3.03. The fourth-order valence-electron chi connectivity index (χ4n) is 2.23. The molecule has 0 bridgehead atoms. The maximum Gasteiger partial charge on any atom is 0.226 e. The van der Waals surface area contributed by atoms with Gasteiger partial charge in [-0.3, -0.25) is 4.99 Å². The summed E-state index contributed by atoms with van der Waals surface area (Å²) in [5, 5.41) is 10.4. The standard InChI is InChI=1S/C17H25N5O2/c1-13-21-16(24-22-13)5-4-11-19-17(18-2)20-12-10-14-6-8-15(23-3)9-7-14/h6-9H,4-5,10-12H2,1-3H3,(H2,18,19,20). The van der Waals surface area contributed by atoms with Crippen LogP contribution in [0.2, 0.25) is 0 Å². The van der Waals surface area contributed by atoms with Crippen molar-refractivity contribution >= 4 is 5.96 Å². The number of aliphatic imine (C=N–C) groups is 1. The number of guanidine groups is 1. The Kier molecular flexibility index (Phi) is 7.07. The molecule has 1 aromatic carbocycles. The minimum atomic E-state index is 0.675. The molecule has 0 unspecified atom stereocenters. The van der Waals surface area contributed by atoms with Crippen LogP contribution in [0.4, 0.5) is 0 Å². The Morgan fingerprint density at radius 3 is 2.54 bits per heavy atom. The number of methoxy groups -OCH3 is 1. The summed E-state index contributed by atoms with van der Waals surface area (Å²) in [7, 11) is 3.44. The Hall–Kier alpha value is -2.57. The predicted octanol–water partition coefficient (Wildman–Crippen LogP) is 1.73. The number of rotatable bonds is 8. The van der Waals surface area contributed by atoms with E-state index in [0.717, 1.165) is 44.1 Å². The fraction of sp³-hybridized carbons (Fsp3) is 0.471. The molecule has 1 heterocycles. The lowest BCUT2D eigenvalue weighted by molar-refractivity contribution is 0.372. The van der Waals surface area contributed by atoms with Gasteiger partial charge < -0.3 is 19.9 Å². The topological polar surface area (TPSA) is 84.6 Å². The largest absolute Gasteiger partial charge is 0.497 e. The van der Waals surface area contributed by atoms with Gasteiger partial charge in [-0.2, -0.15) is 4.98 Å². The van der Waals surface area contributed by atoms with E-state index >= 15 is 0 Å². The Bertz CT molecular complexity index is 637. The smallest absolute Gasteiger partial charge is 0.226 e. The van der Waals surface area contributed by atoms with Crippen LogP contribution in [0.3, 0.4) is 0 Å². The van der Waals surface area contributed by atoms with Crippen molar-refractivity contribution in [3.63, 3.8) is 0 Å². The SMILES string of the molecule is CN=C(NCCCc1nc(C)no1)NCCc1ccc(OC)cc1. The van der Waals surface area contributed by atoms with Gasteiger partial charge >= 0.3 is 0 Å². The van der Waals surface area contributed by atoms with E-state index in [0.29, 0.717) is 11.7 Å². The lowest BCUT2D eigenvalue weighted by Gasteiger charge is -2.11. The second kappa shape index (κ2) is 9.54. The molecule has 0 amide bonds. The summed E-state index contributed by atoms with van der Waals surface area (Å²) in [6.45, 7) is 3.43. The second-order valence-corrected chi connectivity index (χ2v) is 5.36. The number of aromatic nitrogens is 2. The molecule has 0 saturated heterocycles. The van der Waals surface area contributed by atoms with Gasteiger partial charge in [0.15, 0.2) is 11.8 Å². The van der Waals surface area contributed by atoms with Crippen molar-refractivity contribution in [1.29, 1.82) is 0 Å². The number of hydrogen-bond donors (Lipinski definition) is 2. The molecule has 1 aromatic heterocycles. The molecule has 7 nitrogen and oxygen atoms in total. The first kappa shape index (κ1) is 17.8. The van der Waals surface area contributed by atoms with E-state index in [-0.39, 0.29) is 0 Å². The summed E-state index contributed by atoms with van der Waals surface area (Å²) in [5.74, 6) is 3.02. The molecule has 0 aliphatic carbocycles. The van der Waals surface area contributed by atoms with E-state index in [4.69, 9.17) is 9.26 Å². The summed E-state index contributed by atoms with van der Waals surface area (Å²) >= 11 is 0. The highest BCUT2D eigenvalue weighted by atomic mass is 16.5. The average molecular weight is 331 g/mol. The summed E-state index contributed by atoms with van der Waals surface area (Å²) in [4.78, 5) is 8.40. The first-order valence-electron chi connectivity index (χ1n) is 8.08. The molecular formula is C17H25N5O2. The zero-order valence-electron chi connectivity index (χ0n) is 14.5. The van der Waals surface area contributed by atoms with Crippen molar-refractivity contribution in [3.05, 3.63) is 41.5 Å². The van der Waals surface area contributed by atoms with Crippen LogP contribution >= 0.6 is 0 Å². The van der Waals surface area contributed by atoms with Crippen LogP contribution in [-0.2, 0) is 12.8 Å². The summed E-state index contributed by atoms with van der Waals surface area (Å²) in [6, 6.07) is 8.09. The lowest BCUT2D eigenvalue weighted by atomic mass is 10.1. The van der Waals surface area contributed by atoms with Gasteiger partial charge in [-0.05, 0) is 37.5 Å². The maximum atomic E-state index is 5.16. The number of aryl methyl sites for hydroxylation is 2. The van der Waals surface area contributed by atoms with Crippen molar-refractivity contribution in [2.24, 2.45) is 4.99 Å². The minimum absolute atomic E-state index is 0.675. The molecule has 0 fully saturated rings. The van der Waals surface area contributed by atoms with E-state index in [1.807, 2.05) is 19.1 Å². The van der Waals surface area contributed by atoms with Crippen LogP contribution in [-0.4, -0.2) is 43.3 Å². The molecule has 0 atom stereocenters. The molecule has 2 rings (SSSR count). The molecule has 0 saturated carbocycles. The summed E-state index contributed by atoms with van der Waals surface area (Å²) < 4.78 is 10.2. The van der Waals surface area contributed by atoms with Crippen LogP contribution in [0.5, 0.6) is 5.75 Å². The molecule has 130 valence electrons. The Morgan fingerprint density at radius 2 is 1.92 bits per heavy atom. The highest BCUT2D eigenvalue weighted by Crippen LogP contribution is 2.11. The van der Waals surface area contributed by atoms with Gasteiger partial charge in [0.25, 0.3) is 0 Å². The van der Waals surface area contributed by atoms with E-state index in [1.165, 1.54) is 5.56 Å². The lowest BCUT2D eigenvalue weighted by Crippen LogP contribution is -2.38. The maximum absolute atomic E-state index is 5.16. The molecule has 0 aliphatic rings. The zero-order valence-corrected chi connectivity index (χ0v) is 14.5. The number of nitrogens with one attached hydrogen (secondary N) is 2. The van der Waals surface area contributed by atoms with Gasteiger partial charge in [-0.15, -0.1) is 0 Å². The van der Waals surface area contributed by atoms with Crippen LogP contribution < -0.4 is 15.4 Å². The highest BCUT2D eigenvalue weighted by Gasteiger charge is 2.03. The molecule has 7 heteroatoms. The first-order chi connectivity index (χ1) is 11.7. The zero-order chi connectivity index (χ0) is 17.2. The molecule has 2 N–H and O–H groups in total. The quantitative estimate of drug-likeness (QED) is 0.435. The third-order valence-electron chi connectivity index (χ3n) is 3.52. The Balaban J connectivity index is 1.62. The predicted molar refractivity (Wildman–Crippen MR) is 93.4 cm³/mol. The Morgan fingerprint density at radius 1 is 1.17 bits per heavy atom. The fourth-order valence-corrected chi connectivity index (χ4v) is 2.23. The monoisotopic (exact) mass is 331 g/mol. The van der Waals surface area contributed by atoms with Gasteiger partial charge in [0.1, 0.15) is 5.75 Å². The van der Waals surface area contributed by atoms with Crippen LogP contribution in [0.25, 0.3) is 0 Å². The number of nitrogens with zero attached hydrogens (tertiary/aromatic N) is 3. The van der Waals surface area contributed by atoms with Gasteiger partial charge in [-0.1, -0.05) is 17.3 Å². The minimum Gasteiger partial charge on any atom is -0.497 e. The van der Waals surface area contributed by atoms with Crippen LogP contribution in [0, 0.1) is 6.92 Å². The molecule has 0 spiro atoms. The number of benzene rings is 1.